The maximum Gasteiger partial charge on any atom is 0.165 e. The third-order valence-corrected chi connectivity index (χ3v) is 4.26. The third kappa shape index (κ3) is 2.25. The quantitative estimate of drug-likeness (QED) is 0.783. The average Bonchev–Trinajstić information content (AvgIpc) is 2.37. The maximum absolute atomic E-state index is 12.4. The summed E-state index contributed by atoms with van der Waals surface area (Å²) in [5.41, 5.74) is 4.79. The van der Waals surface area contributed by atoms with Gasteiger partial charge in [-0.05, 0) is 49.4 Å². The molecule has 2 aromatic rings. The molecule has 1 heterocycles. The van der Waals surface area contributed by atoms with Gasteiger partial charge in [-0.2, -0.15) is 0 Å². The predicted molar refractivity (Wildman–Crippen MR) is 80.6 cm³/mol. The van der Waals surface area contributed by atoms with Gasteiger partial charge in [0, 0.05) is 22.7 Å². The van der Waals surface area contributed by atoms with Crippen LogP contribution in [0.1, 0.15) is 45.2 Å². The SMILES string of the molecule is Cc1cc(C)c2c(n1)CC(c1ccccc1Cl)CC2=O. The molecule has 0 N–H and O–H groups in total. The van der Waals surface area contributed by atoms with Crippen molar-refractivity contribution in [1.82, 2.24) is 4.98 Å². The summed E-state index contributed by atoms with van der Waals surface area (Å²) in [6.07, 6.45) is 1.30. The number of Topliss-reactive ketones (excluding diaryl/α,β-unsaturated/α-hetero) is 1. The zero-order valence-electron chi connectivity index (χ0n) is 11.6. The van der Waals surface area contributed by atoms with Gasteiger partial charge in [0.25, 0.3) is 0 Å². The van der Waals surface area contributed by atoms with Crippen molar-refractivity contribution < 1.29 is 4.79 Å². The van der Waals surface area contributed by atoms with Gasteiger partial charge < -0.3 is 0 Å². The number of carbonyl (C=O) groups excluding carboxylic acids is 1. The summed E-state index contributed by atoms with van der Waals surface area (Å²) in [6, 6.07) is 9.75. The molecule has 1 aromatic heterocycles. The second-order valence-electron chi connectivity index (χ2n) is 5.45. The Kier molecular flexibility index (Phi) is 3.35. The van der Waals surface area contributed by atoms with Gasteiger partial charge in [0.15, 0.2) is 5.78 Å². The molecule has 0 radical (unpaired) electrons. The van der Waals surface area contributed by atoms with Crippen LogP contribution < -0.4 is 0 Å². The van der Waals surface area contributed by atoms with Gasteiger partial charge >= 0.3 is 0 Å². The van der Waals surface area contributed by atoms with Gasteiger partial charge in [0.1, 0.15) is 0 Å². The zero-order valence-corrected chi connectivity index (χ0v) is 12.4. The zero-order chi connectivity index (χ0) is 14.3. The normalized spacial score (nSPS) is 17.9. The van der Waals surface area contributed by atoms with Crippen LogP contribution in [0.25, 0.3) is 0 Å². The Hall–Kier alpha value is -1.67. The first kappa shape index (κ1) is 13.3. The summed E-state index contributed by atoms with van der Waals surface area (Å²) in [7, 11) is 0. The Morgan fingerprint density at radius 3 is 2.70 bits per heavy atom. The van der Waals surface area contributed by atoms with E-state index in [-0.39, 0.29) is 11.7 Å². The van der Waals surface area contributed by atoms with E-state index in [1.807, 2.05) is 44.2 Å². The van der Waals surface area contributed by atoms with Gasteiger partial charge in [-0.15, -0.1) is 0 Å². The highest BCUT2D eigenvalue weighted by atomic mass is 35.5. The van der Waals surface area contributed by atoms with Crippen LogP contribution in [0.5, 0.6) is 0 Å². The lowest BCUT2D eigenvalue weighted by Crippen LogP contribution is -2.22. The molecule has 3 rings (SSSR count). The molecule has 102 valence electrons. The van der Waals surface area contributed by atoms with E-state index in [9.17, 15) is 4.79 Å². The molecule has 0 bridgehead atoms. The number of benzene rings is 1. The summed E-state index contributed by atoms with van der Waals surface area (Å²) in [4.78, 5) is 17.0. The summed E-state index contributed by atoms with van der Waals surface area (Å²) < 4.78 is 0. The number of aryl methyl sites for hydroxylation is 2. The number of hydrogen-bond donors (Lipinski definition) is 0. The minimum absolute atomic E-state index is 0.136. The number of fused-ring (bicyclic) bond motifs is 1. The van der Waals surface area contributed by atoms with E-state index < -0.39 is 0 Å². The maximum atomic E-state index is 12.4. The van der Waals surface area contributed by atoms with E-state index in [0.29, 0.717) is 6.42 Å². The standard InChI is InChI=1S/C17H16ClNO/c1-10-7-11(2)19-15-8-12(9-16(20)17(10)15)13-5-3-4-6-14(13)18/h3-7,12H,8-9H2,1-2H3. The van der Waals surface area contributed by atoms with Crippen molar-refractivity contribution in [3.63, 3.8) is 0 Å². The van der Waals surface area contributed by atoms with Crippen molar-refractivity contribution in [2.24, 2.45) is 0 Å². The number of aromatic nitrogens is 1. The van der Waals surface area contributed by atoms with Crippen LogP contribution in [0, 0.1) is 13.8 Å². The first-order valence-electron chi connectivity index (χ1n) is 6.81. The highest BCUT2D eigenvalue weighted by molar-refractivity contribution is 6.31. The van der Waals surface area contributed by atoms with Gasteiger partial charge in [-0.25, -0.2) is 0 Å². The molecular formula is C17H16ClNO. The van der Waals surface area contributed by atoms with Gasteiger partial charge in [0.2, 0.25) is 0 Å². The van der Waals surface area contributed by atoms with Crippen LogP contribution in [0.4, 0.5) is 0 Å². The second kappa shape index (κ2) is 5.02. The van der Waals surface area contributed by atoms with Gasteiger partial charge in [-0.3, -0.25) is 9.78 Å². The fraction of sp³-hybridized carbons (Fsp3) is 0.294. The van der Waals surface area contributed by atoms with Crippen LogP contribution in [0.15, 0.2) is 30.3 Å². The van der Waals surface area contributed by atoms with E-state index >= 15 is 0 Å². The average molecular weight is 286 g/mol. The summed E-state index contributed by atoms with van der Waals surface area (Å²) in [5.74, 6) is 0.318. The van der Waals surface area contributed by atoms with Crippen LogP contribution >= 0.6 is 11.6 Å². The summed E-state index contributed by atoms with van der Waals surface area (Å²) in [6.45, 7) is 3.96. The fourth-order valence-electron chi connectivity index (χ4n) is 3.10. The van der Waals surface area contributed by atoms with Crippen molar-refractivity contribution in [2.45, 2.75) is 32.6 Å². The van der Waals surface area contributed by atoms with E-state index in [1.54, 1.807) is 0 Å². The minimum atomic E-state index is 0.136. The Morgan fingerprint density at radius 2 is 1.95 bits per heavy atom. The molecule has 1 aliphatic rings. The van der Waals surface area contributed by atoms with E-state index in [1.165, 1.54) is 0 Å². The molecule has 20 heavy (non-hydrogen) atoms. The lowest BCUT2D eigenvalue weighted by Gasteiger charge is -2.25. The number of nitrogens with zero attached hydrogens (tertiary/aromatic N) is 1. The lowest BCUT2D eigenvalue weighted by atomic mass is 9.80. The Labute approximate surface area is 123 Å². The Morgan fingerprint density at radius 1 is 1.20 bits per heavy atom. The highest BCUT2D eigenvalue weighted by Gasteiger charge is 2.29. The fourth-order valence-corrected chi connectivity index (χ4v) is 3.39. The van der Waals surface area contributed by atoms with E-state index in [0.717, 1.165) is 39.5 Å². The number of pyridine rings is 1. The molecule has 0 fully saturated rings. The number of halogens is 1. The van der Waals surface area contributed by atoms with Crippen molar-refractivity contribution in [2.75, 3.05) is 0 Å². The monoisotopic (exact) mass is 285 g/mol. The molecule has 0 amide bonds. The van der Waals surface area contributed by atoms with E-state index in [4.69, 9.17) is 11.6 Å². The van der Waals surface area contributed by atoms with Crippen LogP contribution in [0.3, 0.4) is 0 Å². The van der Waals surface area contributed by atoms with Crippen molar-refractivity contribution in [3.05, 3.63) is 63.4 Å². The highest BCUT2D eigenvalue weighted by Crippen LogP contribution is 2.36. The third-order valence-electron chi connectivity index (χ3n) is 3.92. The van der Waals surface area contributed by atoms with Crippen molar-refractivity contribution >= 4 is 17.4 Å². The van der Waals surface area contributed by atoms with Gasteiger partial charge in [0.05, 0.1) is 5.69 Å². The van der Waals surface area contributed by atoms with Crippen LogP contribution in [0.2, 0.25) is 5.02 Å². The number of hydrogen-bond acceptors (Lipinski definition) is 2. The van der Waals surface area contributed by atoms with Crippen LogP contribution in [-0.4, -0.2) is 10.8 Å². The molecule has 0 aliphatic heterocycles. The molecule has 0 spiro atoms. The van der Waals surface area contributed by atoms with Crippen LogP contribution in [-0.2, 0) is 6.42 Å². The second-order valence-corrected chi connectivity index (χ2v) is 5.86. The Bertz CT molecular complexity index is 693. The molecule has 3 heteroatoms. The number of ketones is 1. The molecule has 1 unspecified atom stereocenters. The summed E-state index contributed by atoms with van der Waals surface area (Å²) >= 11 is 6.26. The molecule has 1 atom stereocenters. The van der Waals surface area contributed by atoms with Crippen molar-refractivity contribution in [1.29, 1.82) is 0 Å². The van der Waals surface area contributed by atoms with Gasteiger partial charge in [-0.1, -0.05) is 29.8 Å². The number of carbonyl (C=O) groups is 1. The summed E-state index contributed by atoms with van der Waals surface area (Å²) in [5, 5.41) is 0.734. The smallest absolute Gasteiger partial charge is 0.165 e. The molecular weight excluding hydrogens is 270 g/mol. The molecule has 0 saturated heterocycles. The minimum Gasteiger partial charge on any atom is -0.294 e. The first-order chi connectivity index (χ1) is 9.56. The van der Waals surface area contributed by atoms with E-state index in [2.05, 4.69) is 4.98 Å². The molecule has 0 saturated carbocycles. The molecule has 1 aliphatic carbocycles. The topological polar surface area (TPSA) is 30.0 Å². The largest absolute Gasteiger partial charge is 0.294 e. The number of rotatable bonds is 1. The lowest BCUT2D eigenvalue weighted by molar-refractivity contribution is 0.0962. The predicted octanol–water partition coefficient (Wildman–Crippen LogP) is 4.26. The first-order valence-corrected chi connectivity index (χ1v) is 7.19. The molecule has 1 aromatic carbocycles. The molecule has 2 nitrogen and oxygen atoms in total. The van der Waals surface area contributed by atoms with Crippen molar-refractivity contribution in [3.8, 4) is 0 Å². The Balaban J connectivity index is 2.05.